The molecule has 0 aliphatic heterocycles. The average molecular weight is 363 g/mol. The summed E-state index contributed by atoms with van der Waals surface area (Å²) in [7, 11) is 1.54. The first-order chi connectivity index (χ1) is 9.51. The minimum Gasteiger partial charge on any atom is -0.496 e. The first kappa shape index (κ1) is 17.3. The van der Waals surface area contributed by atoms with Gasteiger partial charge in [-0.1, -0.05) is 41.4 Å². The normalized spacial score (nSPS) is 11.2. The van der Waals surface area contributed by atoms with Crippen molar-refractivity contribution in [1.82, 2.24) is 5.32 Å². The Labute approximate surface area is 134 Å². The summed E-state index contributed by atoms with van der Waals surface area (Å²) < 4.78 is 5.20. The molecule has 0 fully saturated rings. The number of carbonyl (C=O) groups excluding carboxylic acids is 1. The van der Waals surface area contributed by atoms with Gasteiger partial charge in [0.05, 0.1) is 12.7 Å². The quantitative estimate of drug-likeness (QED) is 0.735. The number of nitrogens with one attached hydrogen (secondary N) is 1. The summed E-state index contributed by atoms with van der Waals surface area (Å²) in [6.07, 6.45) is 2.00. The maximum Gasteiger partial charge on any atom is 0.255 e. The lowest BCUT2D eigenvalue weighted by atomic mass is 9.84. The van der Waals surface area contributed by atoms with Crippen LogP contribution in [-0.4, -0.2) is 24.9 Å². The van der Waals surface area contributed by atoms with Crippen LogP contribution in [-0.2, 0) is 0 Å². The molecule has 0 spiro atoms. The molecule has 1 rings (SSSR count). The average Bonchev–Trinajstić information content (AvgIpc) is 2.49. The standard InChI is InChI=1S/C15H21BrClNO2/c1-4-15(5-2,9-16)10-18-14(19)12-8-11(17)6-7-13(12)20-3/h6-8H,4-5,9-10H2,1-3H3,(H,18,19). The highest BCUT2D eigenvalue weighted by Gasteiger charge is 2.26. The molecule has 0 radical (unpaired) electrons. The third-order valence-electron chi connectivity index (χ3n) is 3.81. The Hall–Kier alpha value is -0.740. The Morgan fingerprint density at radius 1 is 1.40 bits per heavy atom. The predicted octanol–water partition coefficient (Wildman–Crippen LogP) is 4.28. The highest BCUT2D eigenvalue weighted by Crippen LogP contribution is 2.28. The number of hydrogen-bond acceptors (Lipinski definition) is 2. The van der Waals surface area contributed by atoms with Crippen molar-refractivity contribution in [3.05, 3.63) is 28.8 Å². The minimum atomic E-state index is -0.156. The SMILES string of the molecule is CCC(CC)(CBr)CNC(=O)c1cc(Cl)ccc1OC. The van der Waals surface area contributed by atoms with Crippen LogP contribution in [0.15, 0.2) is 18.2 Å². The number of amides is 1. The molecule has 0 bridgehead atoms. The number of halogens is 2. The Kier molecular flexibility index (Phi) is 6.83. The Morgan fingerprint density at radius 3 is 2.55 bits per heavy atom. The van der Waals surface area contributed by atoms with Crippen LogP contribution in [0.1, 0.15) is 37.0 Å². The third kappa shape index (κ3) is 4.13. The summed E-state index contributed by atoms with van der Waals surface area (Å²) in [6, 6.07) is 5.04. The molecule has 0 saturated carbocycles. The molecule has 1 aromatic rings. The molecular formula is C15H21BrClNO2. The fourth-order valence-electron chi connectivity index (χ4n) is 1.96. The molecule has 5 heteroatoms. The van der Waals surface area contributed by atoms with Gasteiger partial charge in [-0.3, -0.25) is 4.79 Å². The molecule has 0 aliphatic carbocycles. The van der Waals surface area contributed by atoms with Crippen LogP contribution in [0.25, 0.3) is 0 Å². The fourth-order valence-corrected chi connectivity index (χ4v) is 3.12. The van der Waals surface area contributed by atoms with Gasteiger partial charge >= 0.3 is 0 Å². The lowest BCUT2D eigenvalue weighted by Gasteiger charge is -2.29. The molecule has 0 heterocycles. The van der Waals surface area contributed by atoms with Gasteiger partial charge in [0.15, 0.2) is 0 Å². The van der Waals surface area contributed by atoms with Crippen LogP contribution < -0.4 is 10.1 Å². The van der Waals surface area contributed by atoms with Gasteiger partial charge in [0.1, 0.15) is 5.75 Å². The van der Waals surface area contributed by atoms with Crippen LogP contribution in [0.4, 0.5) is 0 Å². The minimum absolute atomic E-state index is 0.0848. The van der Waals surface area contributed by atoms with Crippen LogP contribution in [0, 0.1) is 5.41 Å². The van der Waals surface area contributed by atoms with Crippen molar-refractivity contribution in [2.45, 2.75) is 26.7 Å². The highest BCUT2D eigenvalue weighted by atomic mass is 79.9. The summed E-state index contributed by atoms with van der Waals surface area (Å²) in [5, 5.41) is 4.37. The molecule has 0 atom stereocenters. The van der Waals surface area contributed by atoms with Gasteiger partial charge in [0.2, 0.25) is 0 Å². The summed E-state index contributed by atoms with van der Waals surface area (Å²) in [6.45, 7) is 4.90. The predicted molar refractivity (Wildman–Crippen MR) is 87.1 cm³/mol. The zero-order valence-corrected chi connectivity index (χ0v) is 14.5. The maximum atomic E-state index is 12.3. The zero-order valence-electron chi connectivity index (χ0n) is 12.1. The van der Waals surface area contributed by atoms with E-state index in [0.717, 1.165) is 18.2 Å². The zero-order chi connectivity index (χ0) is 15.2. The molecule has 0 unspecified atom stereocenters. The molecule has 0 aromatic heterocycles. The van der Waals surface area contributed by atoms with E-state index >= 15 is 0 Å². The van der Waals surface area contributed by atoms with Crippen molar-refractivity contribution in [2.75, 3.05) is 19.0 Å². The van der Waals surface area contributed by atoms with E-state index in [1.165, 1.54) is 0 Å². The molecule has 1 amide bonds. The number of rotatable bonds is 7. The van der Waals surface area contributed by atoms with Crippen LogP contribution in [0.2, 0.25) is 5.02 Å². The Bertz CT molecular complexity index is 453. The van der Waals surface area contributed by atoms with Crippen molar-refractivity contribution in [3.63, 3.8) is 0 Å². The van der Waals surface area contributed by atoms with Crippen molar-refractivity contribution in [2.24, 2.45) is 5.41 Å². The van der Waals surface area contributed by atoms with Gasteiger partial charge in [-0.2, -0.15) is 0 Å². The number of hydrogen-bond donors (Lipinski definition) is 1. The number of alkyl halides is 1. The van der Waals surface area contributed by atoms with Gasteiger partial charge < -0.3 is 10.1 Å². The summed E-state index contributed by atoms with van der Waals surface area (Å²) in [5.41, 5.74) is 0.553. The van der Waals surface area contributed by atoms with Gasteiger partial charge in [-0.05, 0) is 36.5 Å². The van der Waals surface area contributed by atoms with E-state index in [0.29, 0.717) is 22.9 Å². The summed E-state index contributed by atoms with van der Waals surface area (Å²) in [5.74, 6) is 0.376. The van der Waals surface area contributed by atoms with E-state index in [4.69, 9.17) is 16.3 Å². The molecular weight excluding hydrogens is 342 g/mol. The second-order valence-electron chi connectivity index (χ2n) is 4.87. The molecule has 3 nitrogen and oxygen atoms in total. The molecule has 1 N–H and O–H groups in total. The van der Waals surface area contributed by atoms with Gasteiger partial charge in [-0.25, -0.2) is 0 Å². The first-order valence-corrected chi connectivity index (χ1v) is 8.19. The summed E-state index contributed by atoms with van der Waals surface area (Å²) >= 11 is 9.49. The second-order valence-corrected chi connectivity index (χ2v) is 5.87. The van der Waals surface area contributed by atoms with E-state index in [-0.39, 0.29) is 11.3 Å². The van der Waals surface area contributed by atoms with E-state index in [2.05, 4.69) is 35.1 Å². The van der Waals surface area contributed by atoms with Crippen LogP contribution in [0.5, 0.6) is 5.75 Å². The second kappa shape index (κ2) is 7.89. The molecule has 1 aromatic carbocycles. The molecule has 112 valence electrons. The maximum absolute atomic E-state index is 12.3. The molecule has 0 aliphatic rings. The summed E-state index contributed by atoms with van der Waals surface area (Å²) in [4.78, 5) is 12.3. The van der Waals surface area contributed by atoms with E-state index in [1.807, 2.05) is 0 Å². The van der Waals surface area contributed by atoms with Crippen molar-refractivity contribution in [1.29, 1.82) is 0 Å². The third-order valence-corrected chi connectivity index (χ3v) is 5.24. The Balaban J connectivity index is 2.84. The number of methoxy groups -OCH3 is 1. The number of ether oxygens (including phenoxy) is 1. The number of benzene rings is 1. The topological polar surface area (TPSA) is 38.3 Å². The van der Waals surface area contributed by atoms with Crippen molar-refractivity contribution < 1.29 is 9.53 Å². The smallest absolute Gasteiger partial charge is 0.255 e. The van der Waals surface area contributed by atoms with Crippen LogP contribution >= 0.6 is 27.5 Å². The molecule has 0 saturated heterocycles. The van der Waals surface area contributed by atoms with Crippen LogP contribution in [0.3, 0.4) is 0 Å². The Morgan fingerprint density at radius 2 is 2.05 bits per heavy atom. The largest absolute Gasteiger partial charge is 0.496 e. The van der Waals surface area contributed by atoms with Gasteiger partial charge in [0, 0.05) is 16.9 Å². The highest BCUT2D eigenvalue weighted by molar-refractivity contribution is 9.09. The lowest BCUT2D eigenvalue weighted by molar-refractivity contribution is 0.0929. The monoisotopic (exact) mass is 361 g/mol. The lowest BCUT2D eigenvalue weighted by Crippen LogP contribution is -2.38. The number of carbonyl (C=O) groups is 1. The van der Waals surface area contributed by atoms with Gasteiger partial charge in [0.25, 0.3) is 5.91 Å². The first-order valence-electron chi connectivity index (χ1n) is 6.69. The van der Waals surface area contributed by atoms with Crippen molar-refractivity contribution >= 4 is 33.4 Å². The van der Waals surface area contributed by atoms with E-state index < -0.39 is 0 Å². The van der Waals surface area contributed by atoms with Crippen molar-refractivity contribution in [3.8, 4) is 5.75 Å². The van der Waals surface area contributed by atoms with E-state index in [9.17, 15) is 4.79 Å². The van der Waals surface area contributed by atoms with E-state index in [1.54, 1.807) is 25.3 Å². The van der Waals surface area contributed by atoms with Gasteiger partial charge in [-0.15, -0.1) is 0 Å². The molecule has 20 heavy (non-hydrogen) atoms. The fraction of sp³-hybridized carbons (Fsp3) is 0.533.